The zero-order valence-corrected chi connectivity index (χ0v) is 20.5. The third-order valence-electron chi connectivity index (χ3n) is 6.12. The van der Waals surface area contributed by atoms with Crippen LogP contribution in [0.3, 0.4) is 0 Å². The van der Waals surface area contributed by atoms with Gasteiger partial charge in [-0.1, -0.05) is 25.1 Å². The number of carbonyl (C=O) groups is 1. The molecule has 0 aliphatic heterocycles. The molecule has 0 radical (unpaired) electrons. The molecule has 8 heteroatoms. The number of amides is 1. The van der Waals surface area contributed by atoms with Gasteiger partial charge in [-0.25, -0.2) is 4.98 Å². The lowest BCUT2D eigenvalue weighted by Gasteiger charge is -2.09. The minimum absolute atomic E-state index is 0.374. The number of pyridine rings is 2. The average Bonchev–Trinajstić information content (AvgIpc) is 3.37. The summed E-state index contributed by atoms with van der Waals surface area (Å²) >= 11 is 0. The molecule has 5 aromatic rings. The number of rotatable bonds is 7. The number of benzene rings is 1. The largest absolute Gasteiger partial charge is 0.364 e. The number of carbonyl (C=O) groups excluding carboxylic acids is 1. The first-order chi connectivity index (χ1) is 16.9. The summed E-state index contributed by atoms with van der Waals surface area (Å²) in [6.07, 6.45) is 2.62. The van der Waals surface area contributed by atoms with Crippen molar-refractivity contribution in [3.8, 4) is 11.3 Å². The minimum atomic E-state index is -0.515. The van der Waals surface area contributed by atoms with Gasteiger partial charge in [0.1, 0.15) is 17.0 Å². The van der Waals surface area contributed by atoms with E-state index in [-0.39, 0.29) is 0 Å². The SMILES string of the molecule is CCc1nn(Cc2cccc(C)n2)c2cccc(-c3nc4cc(CN(C)C)ccn4c3C(N)=O)c12. The standard InChI is InChI=1S/C27H29N7O/c1-5-21-24-20(10-7-11-22(24)34(31-21)16-19-9-6-8-17(2)29-19)25-26(27(28)35)33-13-12-18(15-32(3)4)14-23(33)30-25/h6-14H,5,15-16H2,1-4H3,(H2,28,35). The van der Waals surface area contributed by atoms with Crippen LogP contribution >= 0.6 is 0 Å². The topological polar surface area (TPSA) is 94.3 Å². The quantitative estimate of drug-likeness (QED) is 0.393. The highest BCUT2D eigenvalue weighted by molar-refractivity contribution is 6.04. The lowest BCUT2D eigenvalue weighted by Crippen LogP contribution is -2.15. The van der Waals surface area contributed by atoms with Crippen molar-refractivity contribution in [2.24, 2.45) is 5.73 Å². The van der Waals surface area contributed by atoms with E-state index in [0.29, 0.717) is 23.6 Å². The smallest absolute Gasteiger partial charge is 0.268 e. The number of imidazole rings is 1. The summed E-state index contributed by atoms with van der Waals surface area (Å²) in [7, 11) is 4.04. The molecule has 0 saturated carbocycles. The van der Waals surface area contributed by atoms with E-state index in [1.807, 2.05) is 74.4 Å². The lowest BCUT2D eigenvalue weighted by molar-refractivity contribution is 0.0995. The Balaban J connectivity index is 1.70. The Kier molecular flexibility index (Phi) is 5.82. The maximum absolute atomic E-state index is 12.6. The highest BCUT2D eigenvalue weighted by Crippen LogP contribution is 2.34. The summed E-state index contributed by atoms with van der Waals surface area (Å²) in [5.74, 6) is -0.515. The van der Waals surface area contributed by atoms with Gasteiger partial charge in [0.2, 0.25) is 0 Å². The highest BCUT2D eigenvalue weighted by atomic mass is 16.1. The van der Waals surface area contributed by atoms with Crippen molar-refractivity contribution in [1.29, 1.82) is 0 Å². The molecule has 178 valence electrons. The predicted octanol–water partition coefficient (Wildman–Crippen LogP) is 3.83. The second-order valence-corrected chi connectivity index (χ2v) is 9.10. The molecule has 4 aromatic heterocycles. The van der Waals surface area contributed by atoms with Gasteiger partial charge < -0.3 is 10.6 Å². The molecule has 0 saturated heterocycles. The number of nitrogens with zero attached hydrogens (tertiary/aromatic N) is 6. The van der Waals surface area contributed by atoms with E-state index < -0.39 is 5.91 Å². The molecule has 0 aliphatic carbocycles. The van der Waals surface area contributed by atoms with E-state index >= 15 is 0 Å². The molecule has 0 fully saturated rings. The van der Waals surface area contributed by atoms with Gasteiger partial charge in [0.25, 0.3) is 5.91 Å². The van der Waals surface area contributed by atoms with Crippen LogP contribution in [0.2, 0.25) is 0 Å². The van der Waals surface area contributed by atoms with Crippen molar-refractivity contribution in [2.75, 3.05) is 14.1 Å². The molecule has 0 aliphatic rings. The minimum Gasteiger partial charge on any atom is -0.364 e. The van der Waals surface area contributed by atoms with Gasteiger partial charge in [0.05, 0.1) is 23.4 Å². The van der Waals surface area contributed by atoms with Crippen LogP contribution in [0.5, 0.6) is 0 Å². The summed E-state index contributed by atoms with van der Waals surface area (Å²) in [4.78, 5) is 24.3. The van der Waals surface area contributed by atoms with E-state index in [0.717, 1.165) is 52.1 Å². The first-order valence-electron chi connectivity index (χ1n) is 11.7. The van der Waals surface area contributed by atoms with Crippen LogP contribution in [-0.4, -0.2) is 49.1 Å². The average molecular weight is 468 g/mol. The Morgan fingerprint density at radius 2 is 1.89 bits per heavy atom. The number of hydrogen-bond acceptors (Lipinski definition) is 5. The third-order valence-corrected chi connectivity index (χ3v) is 6.12. The molecular formula is C27H29N7O. The molecule has 8 nitrogen and oxygen atoms in total. The van der Waals surface area contributed by atoms with Crippen LogP contribution in [0.25, 0.3) is 27.8 Å². The molecule has 35 heavy (non-hydrogen) atoms. The third kappa shape index (κ3) is 4.17. The molecule has 1 aromatic carbocycles. The molecule has 0 atom stereocenters. The first-order valence-corrected chi connectivity index (χ1v) is 11.7. The molecule has 0 bridgehead atoms. The van der Waals surface area contributed by atoms with Gasteiger partial charge in [0.15, 0.2) is 0 Å². The van der Waals surface area contributed by atoms with E-state index in [2.05, 4.69) is 22.9 Å². The van der Waals surface area contributed by atoms with Crippen molar-refractivity contribution in [3.63, 3.8) is 0 Å². The van der Waals surface area contributed by atoms with Crippen LogP contribution in [0.1, 0.15) is 40.1 Å². The van der Waals surface area contributed by atoms with Crippen LogP contribution in [-0.2, 0) is 19.5 Å². The van der Waals surface area contributed by atoms with Gasteiger partial charge >= 0.3 is 0 Å². The normalized spacial score (nSPS) is 11.7. The molecule has 4 heterocycles. The fourth-order valence-electron chi connectivity index (χ4n) is 4.69. The summed E-state index contributed by atoms with van der Waals surface area (Å²) in [5.41, 5.74) is 13.3. The second-order valence-electron chi connectivity index (χ2n) is 9.10. The van der Waals surface area contributed by atoms with Crippen molar-refractivity contribution in [1.82, 2.24) is 29.0 Å². The zero-order chi connectivity index (χ0) is 24.7. The highest BCUT2D eigenvalue weighted by Gasteiger charge is 2.23. The predicted molar refractivity (Wildman–Crippen MR) is 137 cm³/mol. The molecule has 0 unspecified atom stereocenters. The lowest BCUT2D eigenvalue weighted by atomic mass is 10.0. The van der Waals surface area contributed by atoms with E-state index in [1.54, 1.807) is 4.40 Å². The number of hydrogen-bond donors (Lipinski definition) is 1. The fourth-order valence-corrected chi connectivity index (χ4v) is 4.69. The first kappa shape index (κ1) is 22.7. The zero-order valence-electron chi connectivity index (χ0n) is 20.5. The van der Waals surface area contributed by atoms with Gasteiger partial charge in [-0.15, -0.1) is 0 Å². The monoisotopic (exact) mass is 467 g/mol. The Bertz CT molecular complexity index is 1560. The van der Waals surface area contributed by atoms with Crippen molar-refractivity contribution < 1.29 is 4.79 Å². The van der Waals surface area contributed by atoms with Crippen LogP contribution in [0.4, 0.5) is 0 Å². The number of aryl methyl sites for hydroxylation is 2. The van der Waals surface area contributed by atoms with Gasteiger partial charge in [-0.3, -0.25) is 18.9 Å². The van der Waals surface area contributed by atoms with Gasteiger partial charge in [-0.05, 0) is 63.3 Å². The number of nitrogens with two attached hydrogens (primary N) is 1. The fraction of sp³-hybridized carbons (Fsp3) is 0.259. The van der Waals surface area contributed by atoms with Crippen LogP contribution in [0.15, 0.2) is 54.7 Å². The Labute approximate surface area is 204 Å². The molecule has 5 rings (SSSR count). The maximum Gasteiger partial charge on any atom is 0.268 e. The number of fused-ring (bicyclic) bond motifs is 2. The second kappa shape index (κ2) is 8.96. The van der Waals surface area contributed by atoms with E-state index in [9.17, 15) is 4.79 Å². The van der Waals surface area contributed by atoms with Gasteiger partial charge in [-0.2, -0.15) is 5.10 Å². The van der Waals surface area contributed by atoms with Crippen LogP contribution < -0.4 is 5.73 Å². The summed E-state index contributed by atoms with van der Waals surface area (Å²) in [6, 6.07) is 16.0. The molecule has 2 N–H and O–H groups in total. The van der Waals surface area contributed by atoms with E-state index in [1.165, 1.54) is 0 Å². The van der Waals surface area contributed by atoms with Crippen molar-refractivity contribution in [2.45, 2.75) is 33.4 Å². The molecular weight excluding hydrogens is 438 g/mol. The van der Waals surface area contributed by atoms with Crippen molar-refractivity contribution in [3.05, 3.63) is 83.1 Å². The molecule has 1 amide bonds. The summed E-state index contributed by atoms with van der Waals surface area (Å²) in [6.45, 7) is 5.41. The van der Waals surface area contributed by atoms with Crippen molar-refractivity contribution >= 4 is 22.5 Å². The summed E-state index contributed by atoms with van der Waals surface area (Å²) in [5, 5.41) is 5.90. The van der Waals surface area contributed by atoms with Gasteiger partial charge in [0, 0.05) is 29.4 Å². The van der Waals surface area contributed by atoms with Crippen LogP contribution in [0, 0.1) is 6.92 Å². The number of aromatic nitrogens is 5. The Morgan fingerprint density at radius 3 is 2.60 bits per heavy atom. The summed E-state index contributed by atoms with van der Waals surface area (Å²) < 4.78 is 3.76. The molecule has 0 spiro atoms. The number of primary amides is 1. The van der Waals surface area contributed by atoms with E-state index in [4.69, 9.17) is 15.8 Å². The Hall–Kier alpha value is -4.04. The maximum atomic E-state index is 12.6. The Morgan fingerprint density at radius 1 is 1.09 bits per heavy atom.